The van der Waals surface area contributed by atoms with E-state index in [9.17, 15) is 8.42 Å². The van der Waals surface area contributed by atoms with Gasteiger partial charge in [0, 0.05) is 31.2 Å². The van der Waals surface area contributed by atoms with Crippen molar-refractivity contribution in [2.45, 2.75) is 24.9 Å². The van der Waals surface area contributed by atoms with Crippen LogP contribution in [0.3, 0.4) is 0 Å². The molecule has 7 heteroatoms. The molecule has 16 heavy (non-hydrogen) atoms. The molecule has 0 saturated carbocycles. The van der Waals surface area contributed by atoms with Crippen molar-refractivity contribution in [3.63, 3.8) is 0 Å². The van der Waals surface area contributed by atoms with Crippen molar-refractivity contribution >= 4 is 26.0 Å². The number of hydrogen-bond donors (Lipinski definition) is 0. The second kappa shape index (κ2) is 5.29. The molecule has 0 atom stereocenters. The zero-order chi connectivity index (χ0) is 12.3. The van der Waals surface area contributed by atoms with Gasteiger partial charge in [0.05, 0.1) is 6.33 Å². The molecule has 0 unspecified atom stereocenters. The van der Waals surface area contributed by atoms with E-state index < -0.39 is 10.0 Å². The largest absolute Gasteiger partial charge is 0.339 e. The van der Waals surface area contributed by atoms with Crippen LogP contribution >= 0.6 is 15.9 Å². The van der Waals surface area contributed by atoms with Crippen molar-refractivity contribution in [3.05, 3.63) is 12.5 Å². The van der Waals surface area contributed by atoms with Gasteiger partial charge in [-0.15, -0.1) is 0 Å². The lowest BCUT2D eigenvalue weighted by atomic mass is 10.4. The first-order chi connectivity index (χ1) is 7.39. The number of imidazole rings is 1. The number of rotatable bonds is 5. The Bertz CT molecular complexity index is 441. The summed E-state index contributed by atoms with van der Waals surface area (Å²) in [5.74, 6) is 0. The van der Waals surface area contributed by atoms with E-state index in [0.29, 0.717) is 11.9 Å². The fourth-order valence-electron chi connectivity index (χ4n) is 1.38. The average Bonchev–Trinajstić information content (AvgIpc) is 2.61. The van der Waals surface area contributed by atoms with Crippen molar-refractivity contribution in [1.29, 1.82) is 0 Å². The third kappa shape index (κ3) is 2.83. The van der Waals surface area contributed by atoms with Crippen LogP contribution in [-0.2, 0) is 17.1 Å². The molecule has 0 aliphatic carbocycles. The first-order valence-electron chi connectivity index (χ1n) is 4.95. The molecule has 1 rings (SSSR count). The summed E-state index contributed by atoms with van der Waals surface area (Å²) in [4.78, 5) is 3.89. The summed E-state index contributed by atoms with van der Waals surface area (Å²) in [5.41, 5.74) is 0. The van der Waals surface area contributed by atoms with Crippen molar-refractivity contribution in [3.8, 4) is 0 Å². The summed E-state index contributed by atoms with van der Waals surface area (Å²) >= 11 is 3.26. The van der Waals surface area contributed by atoms with Crippen LogP contribution < -0.4 is 0 Å². The molecule has 0 amide bonds. The van der Waals surface area contributed by atoms with E-state index in [4.69, 9.17) is 0 Å². The minimum absolute atomic E-state index is 0.0791. The zero-order valence-corrected chi connectivity index (χ0v) is 12.0. The molecule has 0 aliphatic rings. The van der Waals surface area contributed by atoms with E-state index >= 15 is 0 Å². The van der Waals surface area contributed by atoms with Gasteiger partial charge in [-0.2, -0.15) is 4.31 Å². The number of hydrogen-bond acceptors (Lipinski definition) is 3. The van der Waals surface area contributed by atoms with Crippen LogP contribution in [-0.4, -0.2) is 40.2 Å². The minimum Gasteiger partial charge on any atom is -0.339 e. The highest BCUT2D eigenvalue weighted by Crippen LogP contribution is 2.16. The summed E-state index contributed by atoms with van der Waals surface area (Å²) < 4.78 is 27.5. The molecule has 1 aromatic heterocycles. The van der Waals surface area contributed by atoms with Crippen LogP contribution in [0.4, 0.5) is 0 Å². The number of aromatic nitrogens is 2. The molecule has 0 saturated heterocycles. The summed E-state index contributed by atoms with van der Waals surface area (Å²) in [7, 11) is -1.72. The summed E-state index contributed by atoms with van der Waals surface area (Å²) in [6.07, 6.45) is 3.00. The van der Waals surface area contributed by atoms with E-state index in [1.807, 2.05) is 13.8 Å². The normalized spacial score (nSPS) is 12.6. The van der Waals surface area contributed by atoms with Crippen LogP contribution in [0.2, 0.25) is 0 Å². The van der Waals surface area contributed by atoms with Gasteiger partial charge >= 0.3 is 0 Å². The molecule has 0 radical (unpaired) electrons. The Labute approximate surface area is 105 Å². The van der Waals surface area contributed by atoms with Gasteiger partial charge in [0.2, 0.25) is 0 Å². The highest BCUT2D eigenvalue weighted by atomic mass is 79.9. The second-order valence-corrected chi connectivity index (χ2v) is 6.41. The Hall–Kier alpha value is -0.400. The molecule has 1 aromatic rings. The van der Waals surface area contributed by atoms with Crippen LogP contribution in [0.25, 0.3) is 0 Å². The molecule has 0 spiro atoms. The summed E-state index contributed by atoms with van der Waals surface area (Å²) in [6, 6.07) is -0.0791. The number of aryl methyl sites for hydroxylation is 1. The maximum absolute atomic E-state index is 12.2. The molecular weight excluding hydrogens is 294 g/mol. The molecule has 0 fully saturated rings. The fourth-order valence-corrected chi connectivity index (χ4v) is 3.61. The molecule has 0 bridgehead atoms. The van der Waals surface area contributed by atoms with Gasteiger partial charge in [-0.1, -0.05) is 15.9 Å². The van der Waals surface area contributed by atoms with Crippen molar-refractivity contribution in [2.24, 2.45) is 7.05 Å². The van der Waals surface area contributed by atoms with Crippen molar-refractivity contribution < 1.29 is 8.42 Å². The Kier molecular flexibility index (Phi) is 4.52. The van der Waals surface area contributed by atoms with Gasteiger partial charge in [-0.05, 0) is 13.8 Å². The van der Waals surface area contributed by atoms with Gasteiger partial charge in [-0.25, -0.2) is 13.4 Å². The monoisotopic (exact) mass is 309 g/mol. The molecule has 0 aliphatic heterocycles. The predicted molar refractivity (Wildman–Crippen MR) is 66.0 cm³/mol. The molecular formula is C9H16BrN3O2S. The third-order valence-corrected chi connectivity index (χ3v) is 4.45. The molecule has 0 N–H and O–H groups in total. The Morgan fingerprint density at radius 1 is 1.56 bits per heavy atom. The molecule has 0 aromatic carbocycles. The molecule has 92 valence electrons. The van der Waals surface area contributed by atoms with Crippen LogP contribution in [0, 0.1) is 0 Å². The third-order valence-electron chi connectivity index (χ3n) is 2.14. The quantitative estimate of drug-likeness (QED) is 0.768. The predicted octanol–water partition coefficient (Wildman–Crippen LogP) is 1.21. The van der Waals surface area contributed by atoms with Crippen LogP contribution in [0.1, 0.15) is 13.8 Å². The Morgan fingerprint density at radius 2 is 2.19 bits per heavy atom. The lowest BCUT2D eigenvalue weighted by Gasteiger charge is -2.23. The van der Waals surface area contributed by atoms with Gasteiger partial charge in [0.25, 0.3) is 10.0 Å². The standard InChI is InChI=1S/C9H16BrN3O2S/c1-8(2)13(5-4-10)16(14,15)9-6-12(3)7-11-9/h6-8H,4-5H2,1-3H3. The SMILES string of the molecule is CC(C)N(CCBr)S(=O)(=O)c1cn(C)cn1. The van der Waals surface area contributed by atoms with Gasteiger partial charge in [0.15, 0.2) is 5.03 Å². The van der Waals surface area contributed by atoms with E-state index in [-0.39, 0.29) is 11.1 Å². The summed E-state index contributed by atoms with van der Waals surface area (Å²) in [5, 5.41) is 0.710. The molecule has 5 nitrogen and oxygen atoms in total. The maximum Gasteiger partial charge on any atom is 0.262 e. The lowest BCUT2D eigenvalue weighted by Crippen LogP contribution is -2.38. The number of halogens is 1. The van der Waals surface area contributed by atoms with E-state index in [2.05, 4.69) is 20.9 Å². The number of alkyl halides is 1. The Morgan fingerprint density at radius 3 is 2.56 bits per heavy atom. The summed E-state index contributed by atoms with van der Waals surface area (Å²) in [6.45, 7) is 4.14. The van der Waals surface area contributed by atoms with Crippen molar-refractivity contribution in [1.82, 2.24) is 13.9 Å². The minimum atomic E-state index is -3.47. The fraction of sp³-hybridized carbons (Fsp3) is 0.667. The second-order valence-electron chi connectivity index (χ2n) is 3.78. The topological polar surface area (TPSA) is 55.2 Å². The van der Waals surface area contributed by atoms with Gasteiger partial charge < -0.3 is 4.57 Å². The van der Waals surface area contributed by atoms with Gasteiger partial charge in [-0.3, -0.25) is 0 Å². The smallest absolute Gasteiger partial charge is 0.262 e. The highest BCUT2D eigenvalue weighted by molar-refractivity contribution is 9.09. The van der Waals surface area contributed by atoms with Crippen LogP contribution in [0.5, 0.6) is 0 Å². The lowest BCUT2D eigenvalue weighted by molar-refractivity contribution is 0.370. The van der Waals surface area contributed by atoms with Crippen LogP contribution in [0.15, 0.2) is 17.6 Å². The number of sulfonamides is 1. The van der Waals surface area contributed by atoms with E-state index in [1.54, 1.807) is 11.6 Å². The zero-order valence-electron chi connectivity index (χ0n) is 9.59. The average molecular weight is 310 g/mol. The first kappa shape index (κ1) is 13.7. The first-order valence-corrected chi connectivity index (χ1v) is 7.51. The maximum atomic E-state index is 12.2. The number of nitrogens with zero attached hydrogens (tertiary/aromatic N) is 3. The van der Waals surface area contributed by atoms with E-state index in [0.717, 1.165) is 0 Å². The highest BCUT2D eigenvalue weighted by Gasteiger charge is 2.28. The Balaban J connectivity index is 3.08. The van der Waals surface area contributed by atoms with Crippen molar-refractivity contribution in [2.75, 3.05) is 11.9 Å². The van der Waals surface area contributed by atoms with E-state index in [1.165, 1.54) is 16.8 Å². The molecule has 1 heterocycles. The van der Waals surface area contributed by atoms with Gasteiger partial charge in [0.1, 0.15) is 0 Å².